The number of aromatic nitrogens is 2. The number of carbonyl (C=O) groups is 1. The van der Waals surface area contributed by atoms with Crippen molar-refractivity contribution < 1.29 is 9.53 Å². The molecule has 0 saturated carbocycles. The quantitative estimate of drug-likeness (QED) is 0.754. The van der Waals surface area contributed by atoms with Gasteiger partial charge in [-0.05, 0) is 30.5 Å². The van der Waals surface area contributed by atoms with Crippen molar-refractivity contribution in [2.75, 3.05) is 25.1 Å². The Hall–Kier alpha value is -1.41. The number of halogens is 2. The minimum absolute atomic E-state index is 0.285. The summed E-state index contributed by atoms with van der Waals surface area (Å²) in [5.74, 6) is 0. The fraction of sp³-hybridized carbons (Fsp3) is 0.471. The third-order valence-corrected chi connectivity index (χ3v) is 5.15. The Balaban J connectivity index is 0.000000417. The van der Waals surface area contributed by atoms with Crippen molar-refractivity contribution in [2.45, 2.75) is 32.1 Å². The smallest absolute Gasteiger partial charge is 0.321 e. The van der Waals surface area contributed by atoms with Crippen LogP contribution in [0.4, 0.5) is 9.93 Å². The largest absolute Gasteiger partial charge is 0.381 e. The average molecular weight is 417 g/mol. The van der Waals surface area contributed by atoms with Crippen molar-refractivity contribution in [3.63, 3.8) is 0 Å². The van der Waals surface area contributed by atoms with E-state index in [4.69, 9.17) is 27.9 Å². The predicted octanol–water partition coefficient (Wildman–Crippen LogP) is 4.74. The molecular weight excluding hydrogens is 395 g/mol. The number of urea groups is 1. The molecule has 1 aliphatic rings. The molecule has 0 radical (unpaired) electrons. The third-order valence-electron chi connectivity index (χ3n) is 3.80. The van der Waals surface area contributed by atoms with Crippen LogP contribution in [0.1, 0.15) is 32.3 Å². The third kappa shape index (κ3) is 6.72. The molecule has 0 aliphatic carbocycles. The number of nitrogens with zero attached hydrogens (tertiary/aromatic N) is 2. The Labute approximate surface area is 167 Å². The van der Waals surface area contributed by atoms with Gasteiger partial charge in [-0.25, -0.2) is 4.79 Å². The first-order valence-corrected chi connectivity index (χ1v) is 9.86. The van der Waals surface area contributed by atoms with Crippen LogP contribution in [0.2, 0.25) is 10.0 Å². The number of amides is 2. The summed E-state index contributed by atoms with van der Waals surface area (Å²) in [5.41, 5.74) is 2.26. The molecule has 0 unspecified atom stereocenters. The molecular formula is C17H22Cl2N4O2S. The molecule has 0 spiro atoms. The zero-order valence-corrected chi connectivity index (χ0v) is 17.0. The first kappa shape index (κ1) is 20.9. The summed E-state index contributed by atoms with van der Waals surface area (Å²) in [6, 6.07) is 5.15. The SMILES string of the molecule is C1CCOC1.CC(C)(CNC(=O)Nc1nncs1)c1ccc(Cl)c(Cl)c1. The van der Waals surface area contributed by atoms with E-state index >= 15 is 0 Å². The maximum atomic E-state index is 11.8. The number of rotatable bonds is 4. The van der Waals surface area contributed by atoms with Crippen LogP contribution in [0.5, 0.6) is 0 Å². The molecule has 3 rings (SSSR count). The highest BCUT2D eigenvalue weighted by Crippen LogP contribution is 2.29. The number of hydrogen-bond acceptors (Lipinski definition) is 5. The fourth-order valence-corrected chi connectivity index (χ4v) is 2.94. The van der Waals surface area contributed by atoms with Crippen molar-refractivity contribution in [3.05, 3.63) is 39.3 Å². The van der Waals surface area contributed by atoms with Gasteiger partial charge in [0.1, 0.15) is 5.51 Å². The van der Waals surface area contributed by atoms with Gasteiger partial charge in [-0.2, -0.15) is 0 Å². The molecule has 9 heteroatoms. The van der Waals surface area contributed by atoms with E-state index < -0.39 is 0 Å². The molecule has 6 nitrogen and oxygen atoms in total. The van der Waals surface area contributed by atoms with Crippen LogP contribution in [-0.4, -0.2) is 36.0 Å². The fourth-order valence-electron chi connectivity index (χ4n) is 2.20. The first-order valence-electron chi connectivity index (χ1n) is 8.23. The van der Waals surface area contributed by atoms with Gasteiger partial charge in [-0.15, -0.1) is 10.2 Å². The molecule has 2 N–H and O–H groups in total. The minimum Gasteiger partial charge on any atom is -0.381 e. The minimum atomic E-state index is -0.320. The molecule has 1 saturated heterocycles. The maximum absolute atomic E-state index is 11.8. The van der Waals surface area contributed by atoms with Gasteiger partial charge in [0.2, 0.25) is 5.13 Å². The highest BCUT2D eigenvalue weighted by Gasteiger charge is 2.22. The Bertz CT molecular complexity index is 699. The van der Waals surface area contributed by atoms with Crippen LogP contribution in [-0.2, 0) is 10.2 Å². The molecule has 1 fully saturated rings. The van der Waals surface area contributed by atoms with Crippen molar-refractivity contribution in [2.24, 2.45) is 0 Å². The number of nitrogens with one attached hydrogen (secondary N) is 2. The number of carbonyl (C=O) groups excluding carboxylic acids is 1. The summed E-state index contributed by atoms with van der Waals surface area (Å²) in [4.78, 5) is 11.8. The summed E-state index contributed by atoms with van der Waals surface area (Å²) in [5, 5.41) is 14.3. The number of hydrogen-bond donors (Lipinski definition) is 2. The number of benzene rings is 1. The molecule has 142 valence electrons. The van der Waals surface area contributed by atoms with Gasteiger partial charge in [0, 0.05) is 25.2 Å². The lowest BCUT2D eigenvalue weighted by molar-refractivity contribution is 0.198. The van der Waals surface area contributed by atoms with Crippen LogP contribution in [0, 0.1) is 0 Å². The molecule has 2 heterocycles. The second-order valence-corrected chi connectivity index (χ2v) is 8.03. The monoisotopic (exact) mass is 416 g/mol. The van der Waals surface area contributed by atoms with Gasteiger partial charge in [0.05, 0.1) is 10.0 Å². The molecule has 1 aromatic heterocycles. The van der Waals surface area contributed by atoms with E-state index in [0.717, 1.165) is 18.8 Å². The highest BCUT2D eigenvalue weighted by atomic mass is 35.5. The second kappa shape index (κ2) is 10.1. The molecule has 1 aromatic carbocycles. The Morgan fingerprint density at radius 2 is 2.00 bits per heavy atom. The topological polar surface area (TPSA) is 76.1 Å². The summed E-state index contributed by atoms with van der Waals surface area (Å²) in [6.07, 6.45) is 2.56. The van der Waals surface area contributed by atoms with Gasteiger partial charge in [0.15, 0.2) is 0 Å². The zero-order chi connectivity index (χ0) is 19.0. The summed E-state index contributed by atoms with van der Waals surface area (Å²) in [6.45, 7) is 6.46. The second-order valence-electron chi connectivity index (χ2n) is 6.38. The van der Waals surface area contributed by atoms with Gasteiger partial charge >= 0.3 is 6.03 Å². The van der Waals surface area contributed by atoms with Crippen LogP contribution >= 0.6 is 34.5 Å². The van der Waals surface area contributed by atoms with Crippen molar-refractivity contribution >= 4 is 45.7 Å². The van der Waals surface area contributed by atoms with Crippen LogP contribution in [0.3, 0.4) is 0 Å². The number of anilines is 1. The van der Waals surface area contributed by atoms with E-state index in [1.165, 1.54) is 24.2 Å². The van der Waals surface area contributed by atoms with Gasteiger partial charge in [0.25, 0.3) is 0 Å². The molecule has 0 bridgehead atoms. The van der Waals surface area contributed by atoms with E-state index in [9.17, 15) is 4.79 Å². The zero-order valence-electron chi connectivity index (χ0n) is 14.7. The lowest BCUT2D eigenvalue weighted by Gasteiger charge is -2.26. The Kier molecular flexibility index (Phi) is 8.09. The van der Waals surface area contributed by atoms with Crippen LogP contribution < -0.4 is 10.6 Å². The first-order chi connectivity index (χ1) is 12.4. The van der Waals surface area contributed by atoms with Crippen molar-refractivity contribution in [1.82, 2.24) is 15.5 Å². The average Bonchev–Trinajstić information content (AvgIpc) is 3.31. The van der Waals surface area contributed by atoms with Crippen molar-refractivity contribution in [3.8, 4) is 0 Å². The van der Waals surface area contributed by atoms with Crippen molar-refractivity contribution in [1.29, 1.82) is 0 Å². The van der Waals surface area contributed by atoms with Gasteiger partial charge in [-0.1, -0.05) is 54.5 Å². The molecule has 2 amide bonds. The van der Waals surface area contributed by atoms with Gasteiger partial charge < -0.3 is 10.1 Å². The summed E-state index contributed by atoms with van der Waals surface area (Å²) < 4.78 is 4.94. The highest BCUT2D eigenvalue weighted by molar-refractivity contribution is 7.13. The standard InChI is InChI=1S/C13H14Cl2N4OS.C4H8O/c1-13(2,8-3-4-9(14)10(15)5-8)6-16-11(20)18-12-19-17-7-21-12;1-2-4-5-3-1/h3-5,7H,6H2,1-2H3,(H2,16,18,19,20);1-4H2. The summed E-state index contributed by atoms with van der Waals surface area (Å²) in [7, 11) is 0. The normalized spacial score (nSPS) is 13.7. The predicted molar refractivity (Wildman–Crippen MR) is 106 cm³/mol. The van der Waals surface area contributed by atoms with E-state index in [1.54, 1.807) is 11.6 Å². The Morgan fingerprint density at radius 3 is 2.54 bits per heavy atom. The van der Waals surface area contributed by atoms with E-state index in [2.05, 4.69) is 20.8 Å². The van der Waals surface area contributed by atoms with Gasteiger partial charge in [-0.3, -0.25) is 5.32 Å². The molecule has 2 aromatic rings. The number of ether oxygens (including phenoxy) is 1. The molecule has 26 heavy (non-hydrogen) atoms. The lowest BCUT2D eigenvalue weighted by Crippen LogP contribution is -2.39. The van der Waals surface area contributed by atoms with Crippen LogP contribution in [0.25, 0.3) is 0 Å². The Morgan fingerprint density at radius 1 is 1.27 bits per heavy atom. The lowest BCUT2D eigenvalue weighted by atomic mass is 9.84. The van der Waals surface area contributed by atoms with Crippen LogP contribution in [0.15, 0.2) is 23.7 Å². The van der Waals surface area contributed by atoms with E-state index in [0.29, 0.717) is 21.7 Å². The van der Waals surface area contributed by atoms with E-state index in [1.807, 2.05) is 26.0 Å². The summed E-state index contributed by atoms with van der Waals surface area (Å²) >= 11 is 13.2. The van der Waals surface area contributed by atoms with E-state index in [-0.39, 0.29) is 11.4 Å². The molecule has 1 aliphatic heterocycles. The molecule has 0 atom stereocenters. The maximum Gasteiger partial charge on any atom is 0.321 e.